The molecule has 0 aliphatic heterocycles. The lowest BCUT2D eigenvalue weighted by atomic mass is 10.1. The first-order valence-corrected chi connectivity index (χ1v) is 11.1. The standard InChI is InChI=1S/C26H24FN5OS/c1-14-5-9-21(16(3)11-14)30-31-24-19-13-23(34)25(26(33)18(19)8-10-22(24)28-4)32-29-17-7-6-15(2)20(27)12-17/h5-13,28,33-34H,1-4H3. The Labute approximate surface area is 202 Å². The average Bonchev–Trinajstić information content (AvgIpc) is 2.80. The molecule has 0 bridgehead atoms. The number of hydrogen-bond donors (Lipinski definition) is 3. The highest BCUT2D eigenvalue weighted by Crippen LogP contribution is 2.46. The zero-order chi connectivity index (χ0) is 24.4. The minimum Gasteiger partial charge on any atom is -0.505 e. The number of aromatic hydroxyl groups is 1. The van der Waals surface area contributed by atoms with Gasteiger partial charge in [-0.2, -0.15) is 10.2 Å². The summed E-state index contributed by atoms with van der Waals surface area (Å²) in [6.07, 6.45) is 0. The molecule has 0 radical (unpaired) electrons. The number of rotatable bonds is 5. The number of benzene rings is 4. The van der Waals surface area contributed by atoms with Gasteiger partial charge in [-0.05, 0) is 62.2 Å². The highest BCUT2D eigenvalue weighted by Gasteiger charge is 2.16. The molecule has 6 nitrogen and oxygen atoms in total. The van der Waals surface area contributed by atoms with Crippen molar-refractivity contribution in [1.82, 2.24) is 0 Å². The van der Waals surface area contributed by atoms with Gasteiger partial charge in [0.1, 0.15) is 17.2 Å². The Kier molecular flexibility index (Phi) is 6.61. The first-order valence-electron chi connectivity index (χ1n) is 10.6. The van der Waals surface area contributed by atoms with Crippen molar-refractivity contribution < 1.29 is 9.50 Å². The third-order valence-electron chi connectivity index (χ3n) is 5.52. The zero-order valence-electron chi connectivity index (χ0n) is 19.3. The molecule has 2 N–H and O–H groups in total. The molecule has 4 rings (SSSR count). The van der Waals surface area contributed by atoms with E-state index in [2.05, 4.69) is 38.4 Å². The molecule has 0 aliphatic carbocycles. The van der Waals surface area contributed by atoms with Crippen LogP contribution in [0.5, 0.6) is 5.75 Å². The molecule has 4 aromatic carbocycles. The number of anilines is 1. The third kappa shape index (κ3) is 4.63. The maximum absolute atomic E-state index is 13.8. The van der Waals surface area contributed by atoms with Gasteiger partial charge in [0.25, 0.3) is 0 Å². The Hall–Kier alpha value is -3.78. The second kappa shape index (κ2) is 9.61. The van der Waals surface area contributed by atoms with Gasteiger partial charge < -0.3 is 10.4 Å². The fourth-order valence-electron chi connectivity index (χ4n) is 3.60. The van der Waals surface area contributed by atoms with Gasteiger partial charge in [0, 0.05) is 28.8 Å². The monoisotopic (exact) mass is 473 g/mol. The summed E-state index contributed by atoms with van der Waals surface area (Å²) in [4.78, 5) is 0.401. The van der Waals surface area contributed by atoms with Crippen molar-refractivity contribution in [1.29, 1.82) is 0 Å². The highest BCUT2D eigenvalue weighted by atomic mass is 32.1. The third-order valence-corrected chi connectivity index (χ3v) is 5.86. The molecule has 0 aliphatic rings. The SMILES string of the molecule is CNc1ccc2c(O)c(N=Nc3ccc(C)c(F)c3)c(S)cc2c1N=Nc1ccc(C)cc1C. The fraction of sp³-hybridized carbons (Fsp3) is 0.154. The van der Waals surface area contributed by atoms with Crippen molar-refractivity contribution in [3.8, 4) is 5.75 Å². The number of fused-ring (bicyclic) bond motifs is 1. The normalized spacial score (nSPS) is 11.7. The lowest BCUT2D eigenvalue weighted by Gasteiger charge is -2.12. The van der Waals surface area contributed by atoms with Crippen LogP contribution in [-0.4, -0.2) is 12.2 Å². The Morgan fingerprint density at radius 1 is 0.794 bits per heavy atom. The maximum Gasteiger partial charge on any atom is 0.152 e. The van der Waals surface area contributed by atoms with Gasteiger partial charge in [0.05, 0.1) is 17.1 Å². The van der Waals surface area contributed by atoms with Crippen molar-refractivity contribution in [2.75, 3.05) is 12.4 Å². The largest absolute Gasteiger partial charge is 0.505 e. The van der Waals surface area contributed by atoms with Crippen LogP contribution in [0.3, 0.4) is 0 Å². The Balaban J connectivity index is 1.81. The lowest BCUT2D eigenvalue weighted by molar-refractivity contribution is 0.481. The van der Waals surface area contributed by atoms with Crippen LogP contribution < -0.4 is 5.32 Å². The molecule has 0 unspecified atom stereocenters. The number of nitrogens with zero attached hydrogens (tertiary/aromatic N) is 4. The van der Waals surface area contributed by atoms with Gasteiger partial charge in [-0.1, -0.05) is 23.8 Å². The topological polar surface area (TPSA) is 81.7 Å². The minimum absolute atomic E-state index is 0.0931. The van der Waals surface area contributed by atoms with Crippen molar-refractivity contribution in [2.45, 2.75) is 25.7 Å². The van der Waals surface area contributed by atoms with E-state index in [0.717, 1.165) is 22.5 Å². The quantitative estimate of drug-likeness (QED) is 0.200. The van der Waals surface area contributed by atoms with Crippen LogP contribution in [0.15, 0.2) is 79.9 Å². The molecule has 0 saturated carbocycles. The highest BCUT2D eigenvalue weighted by molar-refractivity contribution is 7.80. The summed E-state index contributed by atoms with van der Waals surface area (Å²) >= 11 is 4.52. The van der Waals surface area contributed by atoms with E-state index in [9.17, 15) is 9.50 Å². The summed E-state index contributed by atoms with van der Waals surface area (Å²) in [5.74, 6) is -0.465. The van der Waals surface area contributed by atoms with Crippen molar-refractivity contribution in [2.24, 2.45) is 20.5 Å². The van der Waals surface area contributed by atoms with E-state index < -0.39 is 0 Å². The van der Waals surface area contributed by atoms with E-state index in [-0.39, 0.29) is 17.3 Å². The number of hydrogen-bond acceptors (Lipinski definition) is 7. The summed E-state index contributed by atoms with van der Waals surface area (Å²) < 4.78 is 13.8. The van der Waals surface area contributed by atoms with Crippen LogP contribution in [-0.2, 0) is 0 Å². The van der Waals surface area contributed by atoms with Crippen molar-refractivity contribution in [3.63, 3.8) is 0 Å². The van der Waals surface area contributed by atoms with Crippen molar-refractivity contribution in [3.05, 3.63) is 77.1 Å². The maximum atomic E-state index is 13.8. The predicted molar refractivity (Wildman–Crippen MR) is 138 cm³/mol. The van der Waals surface area contributed by atoms with Gasteiger partial charge in [-0.15, -0.1) is 22.9 Å². The smallest absolute Gasteiger partial charge is 0.152 e. The number of azo groups is 2. The second-order valence-corrected chi connectivity index (χ2v) is 8.50. The summed E-state index contributed by atoms with van der Waals surface area (Å²) in [6.45, 7) is 5.68. The number of halogens is 1. The van der Waals surface area contributed by atoms with Crippen LogP contribution in [0.4, 0.5) is 32.8 Å². The van der Waals surface area contributed by atoms with E-state index in [0.29, 0.717) is 32.6 Å². The number of thiol groups is 1. The fourth-order valence-corrected chi connectivity index (χ4v) is 3.88. The molecule has 0 amide bonds. The second-order valence-electron chi connectivity index (χ2n) is 8.02. The number of nitrogens with one attached hydrogen (secondary N) is 1. The molecular formula is C26H24FN5OS. The average molecular weight is 474 g/mol. The molecule has 0 heterocycles. The van der Waals surface area contributed by atoms with E-state index in [1.165, 1.54) is 6.07 Å². The lowest BCUT2D eigenvalue weighted by Crippen LogP contribution is -1.90. The number of phenols is 1. The van der Waals surface area contributed by atoms with Gasteiger partial charge in [0.15, 0.2) is 5.75 Å². The first kappa shape index (κ1) is 23.4. The first-order chi connectivity index (χ1) is 16.3. The Bertz CT molecular complexity index is 1470. The summed E-state index contributed by atoms with van der Waals surface area (Å²) in [6, 6.07) is 15.9. The molecule has 0 fully saturated rings. The van der Waals surface area contributed by atoms with E-state index in [1.54, 1.807) is 38.2 Å². The van der Waals surface area contributed by atoms with Gasteiger partial charge in [-0.25, -0.2) is 4.39 Å². The molecule has 0 saturated heterocycles. The van der Waals surface area contributed by atoms with Gasteiger partial charge in [0.2, 0.25) is 0 Å². The van der Waals surface area contributed by atoms with Crippen LogP contribution in [0, 0.1) is 26.6 Å². The number of phenolic OH excluding ortho intramolecular Hbond substituents is 1. The summed E-state index contributed by atoms with van der Waals surface area (Å²) in [7, 11) is 1.79. The predicted octanol–water partition coefficient (Wildman–Crippen LogP) is 8.77. The van der Waals surface area contributed by atoms with Crippen LogP contribution in [0.1, 0.15) is 16.7 Å². The van der Waals surface area contributed by atoms with E-state index >= 15 is 0 Å². The Morgan fingerprint density at radius 2 is 1.56 bits per heavy atom. The number of aryl methyl sites for hydroxylation is 3. The molecule has 4 aromatic rings. The van der Waals surface area contributed by atoms with E-state index in [4.69, 9.17) is 0 Å². The minimum atomic E-state index is -0.372. The van der Waals surface area contributed by atoms with Gasteiger partial charge >= 0.3 is 0 Å². The van der Waals surface area contributed by atoms with Crippen LogP contribution >= 0.6 is 12.6 Å². The molecule has 0 spiro atoms. The molecule has 0 aromatic heterocycles. The van der Waals surface area contributed by atoms with Crippen molar-refractivity contribution >= 4 is 51.8 Å². The molecule has 0 atom stereocenters. The molecule has 34 heavy (non-hydrogen) atoms. The molecular weight excluding hydrogens is 449 g/mol. The summed E-state index contributed by atoms with van der Waals surface area (Å²) in [5, 5.41) is 32.5. The molecule has 8 heteroatoms. The van der Waals surface area contributed by atoms with E-state index in [1.807, 2.05) is 38.1 Å². The Morgan fingerprint density at radius 3 is 2.26 bits per heavy atom. The van der Waals surface area contributed by atoms with Crippen LogP contribution in [0.2, 0.25) is 0 Å². The molecule has 172 valence electrons. The summed E-state index contributed by atoms with van der Waals surface area (Å²) in [5.41, 5.74) is 5.28. The van der Waals surface area contributed by atoms with Gasteiger partial charge in [-0.3, -0.25) is 0 Å². The van der Waals surface area contributed by atoms with Crippen LogP contribution in [0.25, 0.3) is 10.8 Å². The zero-order valence-corrected chi connectivity index (χ0v) is 20.2.